The van der Waals surface area contributed by atoms with Crippen molar-refractivity contribution in [1.29, 1.82) is 0 Å². The lowest BCUT2D eigenvalue weighted by Gasteiger charge is -2.24. The van der Waals surface area contributed by atoms with E-state index in [4.69, 9.17) is 28.9 Å². The molecule has 1 heterocycles. The normalized spacial score (nSPS) is 14.1. The van der Waals surface area contributed by atoms with E-state index < -0.39 is 0 Å². The zero-order valence-corrected chi connectivity index (χ0v) is 14.3. The lowest BCUT2D eigenvalue weighted by molar-refractivity contribution is 0.415. The number of aromatic nitrogens is 3. The highest BCUT2D eigenvalue weighted by atomic mass is 35.5. The molecule has 2 aromatic rings. The van der Waals surface area contributed by atoms with Crippen LogP contribution >= 0.6 is 35.0 Å². The molecule has 2 unspecified atom stereocenters. The Hall–Kier alpha value is -0.750. The maximum atomic E-state index is 6.35. The smallest absolute Gasteiger partial charge is 0.185 e. The van der Waals surface area contributed by atoms with Crippen LogP contribution in [0.2, 0.25) is 10.0 Å². The van der Waals surface area contributed by atoms with E-state index in [1.807, 2.05) is 23.1 Å². The molecular formula is C14H18Cl2N4S. The van der Waals surface area contributed by atoms with Crippen LogP contribution in [0, 0.1) is 0 Å². The highest BCUT2D eigenvalue weighted by Gasteiger charge is 2.23. The van der Waals surface area contributed by atoms with Gasteiger partial charge in [0.1, 0.15) is 6.33 Å². The van der Waals surface area contributed by atoms with Gasteiger partial charge in [0.25, 0.3) is 0 Å². The predicted octanol–water partition coefficient (Wildman–Crippen LogP) is 3.83. The van der Waals surface area contributed by atoms with Crippen LogP contribution in [0.3, 0.4) is 0 Å². The predicted molar refractivity (Wildman–Crippen MR) is 89.3 cm³/mol. The van der Waals surface area contributed by atoms with Crippen LogP contribution in [-0.2, 0) is 6.54 Å². The minimum Gasteiger partial charge on any atom is -0.327 e. The quantitative estimate of drug-likeness (QED) is 0.809. The summed E-state index contributed by atoms with van der Waals surface area (Å²) in [6, 6.07) is 5.53. The van der Waals surface area contributed by atoms with Gasteiger partial charge in [-0.1, -0.05) is 48.0 Å². The molecule has 2 rings (SSSR count). The maximum Gasteiger partial charge on any atom is 0.185 e. The standard InChI is InChI=1S/C14H18Cl2N4S/c1-3-13(17)11(7-20-14(21-2)18-8-19-20)10-5-4-9(15)6-12(10)16/h4-6,8,11,13H,3,7,17H2,1-2H3. The Balaban J connectivity index is 2.34. The first-order valence-electron chi connectivity index (χ1n) is 6.69. The number of rotatable bonds is 6. The molecular weight excluding hydrogens is 327 g/mol. The fraction of sp³-hybridized carbons (Fsp3) is 0.429. The van der Waals surface area contributed by atoms with Crippen LogP contribution in [0.15, 0.2) is 29.7 Å². The molecule has 1 aromatic heterocycles. The van der Waals surface area contributed by atoms with Gasteiger partial charge >= 0.3 is 0 Å². The summed E-state index contributed by atoms with van der Waals surface area (Å²) in [5.41, 5.74) is 7.30. The number of benzene rings is 1. The van der Waals surface area contributed by atoms with Crippen molar-refractivity contribution in [3.05, 3.63) is 40.1 Å². The first-order valence-corrected chi connectivity index (χ1v) is 8.67. The van der Waals surface area contributed by atoms with E-state index in [0.29, 0.717) is 16.6 Å². The molecule has 0 fully saturated rings. The van der Waals surface area contributed by atoms with E-state index in [1.165, 1.54) is 0 Å². The minimum atomic E-state index is -0.0115. The number of nitrogens with two attached hydrogens (primary N) is 1. The first-order chi connectivity index (χ1) is 10.1. The average molecular weight is 345 g/mol. The van der Waals surface area contributed by atoms with Crippen molar-refractivity contribution >= 4 is 35.0 Å². The second-order valence-electron chi connectivity index (χ2n) is 4.77. The molecule has 2 atom stereocenters. The van der Waals surface area contributed by atoms with Crippen molar-refractivity contribution in [3.63, 3.8) is 0 Å². The van der Waals surface area contributed by atoms with E-state index in [0.717, 1.165) is 17.1 Å². The molecule has 2 N–H and O–H groups in total. The molecule has 1 aromatic carbocycles. The van der Waals surface area contributed by atoms with Crippen LogP contribution in [0.25, 0.3) is 0 Å². The molecule has 114 valence electrons. The first kappa shape index (κ1) is 16.6. The van der Waals surface area contributed by atoms with Crippen molar-refractivity contribution in [1.82, 2.24) is 14.8 Å². The minimum absolute atomic E-state index is 0.0115. The Morgan fingerprint density at radius 2 is 2.14 bits per heavy atom. The van der Waals surface area contributed by atoms with Gasteiger partial charge in [-0.05, 0) is 30.4 Å². The van der Waals surface area contributed by atoms with Gasteiger partial charge in [-0.2, -0.15) is 5.10 Å². The van der Waals surface area contributed by atoms with Crippen LogP contribution in [0.4, 0.5) is 0 Å². The molecule has 0 aliphatic heterocycles. The Labute approximate surface area is 139 Å². The molecule has 0 radical (unpaired) electrons. The molecule has 0 amide bonds. The largest absolute Gasteiger partial charge is 0.327 e. The van der Waals surface area contributed by atoms with Crippen molar-refractivity contribution in [2.24, 2.45) is 5.73 Å². The van der Waals surface area contributed by atoms with Gasteiger partial charge in [0, 0.05) is 22.0 Å². The molecule has 0 spiro atoms. The molecule has 0 aliphatic carbocycles. The van der Waals surface area contributed by atoms with Gasteiger partial charge in [0.05, 0.1) is 6.54 Å². The van der Waals surface area contributed by atoms with Gasteiger partial charge in [-0.15, -0.1) is 0 Å². The van der Waals surface area contributed by atoms with E-state index in [-0.39, 0.29) is 12.0 Å². The molecule has 0 bridgehead atoms. The second kappa shape index (κ2) is 7.49. The summed E-state index contributed by atoms with van der Waals surface area (Å²) in [4.78, 5) is 4.22. The lowest BCUT2D eigenvalue weighted by atomic mass is 9.90. The summed E-state index contributed by atoms with van der Waals surface area (Å²) in [6.45, 7) is 2.71. The van der Waals surface area contributed by atoms with Gasteiger partial charge in [-0.25, -0.2) is 9.67 Å². The summed E-state index contributed by atoms with van der Waals surface area (Å²) >= 11 is 13.9. The van der Waals surface area contributed by atoms with Crippen molar-refractivity contribution in [2.75, 3.05) is 6.26 Å². The highest BCUT2D eigenvalue weighted by Crippen LogP contribution is 2.31. The fourth-order valence-corrected chi connectivity index (χ4v) is 3.31. The number of hydrogen-bond acceptors (Lipinski definition) is 4. The zero-order valence-electron chi connectivity index (χ0n) is 12.0. The number of halogens is 2. The molecule has 4 nitrogen and oxygen atoms in total. The second-order valence-corrected chi connectivity index (χ2v) is 6.39. The van der Waals surface area contributed by atoms with Gasteiger partial charge in [0.2, 0.25) is 0 Å². The van der Waals surface area contributed by atoms with Crippen LogP contribution < -0.4 is 5.73 Å². The van der Waals surface area contributed by atoms with E-state index in [2.05, 4.69) is 17.0 Å². The summed E-state index contributed by atoms with van der Waals surface area (Å²) in [7, 11) is 0. The summed E-state index contributed by atoms with van der Waals surface area (Å²) in [5, 5.41) is 6.41. The number of thioether (sulfide) groups is 1. The summed E-state index contributed by atoms with van der Waals surface area (Å²) in [6.07, 6.45) is 4.39. The molecule has 0 aliphatic rings. The average Bonchev–Trinajstić information content (AvgIpc) is 2.92. The summed E-state index contributed by atoms with van der Waals surface area (Å²) < 4.78 is 1.87. The van der Waals surface area contributed by atoms with Gasteiger partial charge in [0.15, 0.2) is 5.16 Å². The lowest BCUT2D eigenvalue weighted by Crippen LogP contribution is -2.31. The fourth-order valence-electron chi connectivity index (χ4n) is 2.27. The topological polar surface area (TPSA) is 56.7 Å². The summed E-state index contributed by atoms with van der Waals surface area (Å²) in [5.74, 6) is 0.0624. The molecule has 0 saturated heterocycles. The Morgan fingerprint density at radius 1 is 1.38 bits per heavy atom. The van der Waals surface area contributed by atoms with Crippen molar-refractivity contribution in [2.45, 2.75) is 37.0 Å². The monoisotopic (exact) mass is 344 g/mol. The number of hydrogen-bond donors (Lipinski definition) is 1. The Morgan fingerprint density at radius 3 is 2.76 bits per heavy atom. The van der Waals surface area contributed by atoms with E-state index in [1.54, 1.807) is 24.2 Å². The van der Waals surface area contributed by atoms with Gasteiger partial charge < -0.3 is 5.73 Å². The molecule has 7 heteroatoms. The van der Waals surface area contributed by atoms with Gasteiger partial charge in [-0.3, -0.25) is 0 Å². The van der Waals surface area contributed by atoms with Crippen molar-refractivity contribution in [3.8, 4) is 0 Å². The van der Waals surface area contributed by atoms with Crippen molar-refractivity contribution < 1.29 is 0 Å². The Bertz CT molecular complexity index is 602. The maximum absolute atomic E-state index is 6.35. The SMILES string of the molecule is CCC(N)C(Cn1ncnc1SC)c1ccc(Cl)cc1Cl. The zero-order chi connectivity index (χ0) is 15.4. The van der Waals surface area contributed by atoms with Crippen LogP contribution in [-0.4, -0.2) is 27.1 Å². The van der Waals surface area contributed by atoms with E-state index >= 15 is 0 Å². The van der Waals surface area contributed by atoms with Crippen LogP contribution in [0.1, 0.15) is 24.8 Å². The third-order valence-corrected chi connectivity index (χ3v) is 4.73. The molecule has 21 heavy (non-hydrogen) atoms. The molecule has 0 saturated carbocycles. The number of nitrogens with zero attached hydrogens (tertiary/aromatic N) is 3. The third-order valence-electron chi connectivity index (χ3n) is 3.48. The highest BCUT2D eigenvalue weighted by molar-refractivity contribution is 7.98. The van der Waals surface area contributed by atoms with E-state index in [9.17, 15) is 0 Å². The third kappa shape index (κ3) is 3.92. The Kier molecular flexibility index (Phi) is 5.93. The van der Waals surface area contributed by atoms with Crippen LogP contribution in [0.5, 0.6) is 0 Å².